The summed E-state index contributed by atoms with van der Waals surface area (Å²) in [6.07, 6.45) is 1.74. The van der Waals surface area contributed by atoms with Gasteiger partial charge in [-0.05, 0) is 24.1 Å². The Kier molecular flexibility index (Phi) is 2.48. The fourth-order valence-electron chi connectivity index (χ4n) is 2.68. The zero-order chi connectivity index (χ0) is 14.4. The van der Waals surface area contributed by atoms with Crippen molar-refractivity contribution < 1.29 is 8.83 Å². The summed E-state index contributed by atoms with van der Waals surface area (Å²) in [6.45, 7) is 1.91. The van der Waals surface area contributed by atoms with Gasteiger partial charge in [0.05, 0.1) is 6.26 Å². The molecule has 0 N–H and O–H groups in total. The molecule has 0 radical (unpaired) electrons. The number of furan rings is 1. The highest BCUT2D eigenvalue weighted by Crippen LogP contribution is 2.33. The molecule has 2 aromatic heterocycles. The first-order chi connectivity index (χ1) is 10.2. The minimum Gasteiger partial charge on any atom is -0.464 e. The van der Waals surface area contributed by atoms with E-state index in [1.54, 1.807) is 12.3 Å². The van der Waals surface area contributed by atoms with Gasteiger partial charge in [-0.1, -0.05) is 30.3 Å². The van der Waals surface area contributed by atoms with Crippen LogP contribution in [0.5, 0.6) is 0 Å². The normalized spacial score (nSPS) is 11.3. The van der Waals surface area contributed by atoms with Crippen LogP contribution in [0.3, 0.4) is 0 Å². The van der Waals surface area contributed by atoms with Crippen molar-refractivity contribution in [3.8, 4) is 11.1 Å². The Morgan fingerprint density at radius 2 is 1.71 bits per heavy atom. The summed E-state index contributed by atoms with van der Waals surface area (Å²) in [4.78, 5) is 11.5. The zero-order valence-electron chi connectivity index (χ0n) is 11.4. The minimum absolute atomic E-state index is 0.339. The van der Waals surface area contributed by atoms with Crippen LogP contribution in [0.1, 0.15) is 5.56 Å². The molecule has 0 bridgehead atoms. The number of fused-ring (bicyclic) bond motifs is 2. The van der Waals surface area contributed by atoms with Crippen molar-refractivity contribution in [2.24, 2.45) is 0 Å². The van der Waals surface area contributed by atoms with Crippen molar-refractivity contribution in [1.29, 1.82) is 0 Å². The summed E-state index contributed by atoms with van der Waals surface area (Å²) in [6, 6.07) is 15.4. The molecule has 0 aliphatic rings. The van der Waals surface area contributed by atoms with E-state index in [-0.39, 0.29) is 5.63 Å². The third-order valence-corrected chi connectivity index (χ3v) is 3.73. The summed E-state index contributed by atoms with van der Waals surface area (Å²) in [5.41, 5.74) is 3.98. The van der Waals surface area contributed by atoms with Gasteiger partial charge >= 0.3 is 5.63 Å². The molecule has 0 aliphatic carbocycles. The first-order valence-corrected chi connectivity index (χ1v) is 6.73. The maximum Gasteiger partial charge on any atom is 0.336 e. The largest absolute Gasteiger partial charge is 0.464 e. The van der Waals surface area contributed by atoms with Crippen LogP contribution >= 0.6 is 0 Å². The lowest BCUT2D eigenvalue weighted by Gasteiger charge is -2.02. The molecule has 0 fully saturated rings. The van der Waals surface area contributed by atoms with E-state index in [9.17, 15) is 4.79 Å². The number of benzene rings is 2. The minimum atomic E-state index is -0.339. The SMILES string of the molecule is Cc1cc(=O)oc2cc3occ(-c4ccccc4)c3cc12. The zero-order valence-corrected chi connectivity index (χ0v) is 11.4. The van der Waals surface area contributed by atoms with E-state index in [0.29, 0.717) is 5.58 Å². The first-order valence-electron chi connectivity index (χ1n) is 6.73. The van der Waals surface area contributed by atoms with Crippen LogP contribution in [0.2, 0.25) is 0 Å². The van der Waals surface area contributed by atoms with Crippen molar-refractivity contribution in [1.82, 2.24) is 0 Å². The fraction of sp³-hybridized carbons (Fsp3) is 0.0556. The Labute approximate surface area is 120 Å². The number of hydrogen-bond acceptors (Lipinski definition) is 3. The van der Waals surface area contributed by atoms with Gasteiger partial charge in [0.25, 0.3) is 0 Å². The standard InChI is InChI=1S/C18H12O3/c1-11-7-18(19)21-17-9-16-14(8-13(11)17)15(10-20-16)12-5-3-2-4-6-12/h2-10H,1H3. The first kappa shape index (κ1) is 12.0. The second-order valence-electron chi connectivity index (χ2n) is 5.11. The highest BCUT2D eigenvalue weighted by molar-refractivity contribution is 6.02. The van der Waals surface area contributed by atoms with Crippen LogP contribution in [0.25, 0.3) is 33.1 Å². The predicted octanol–water partition coefficient (Wildman–Crippen LogP) is 4.51. The van der Waals surface area contributed by atoms with Crippen molar-refractivity contribution in [2.75, 3.05) is 0 Å². The third-order valence-electron chi connectivity index (χ3n) is 3.73. The van der Waals surface area contributed by atoms with Crippen LogP contribution in [0.15, 0.2) is 68.4 Å². The van der Waals surface area contributed by atoms with Crippen LogP contribution in [0.4, 0.5) is 0 Å². The highest BCUT2D eigenvalue weighted by atomic mass is 16.4. The van der Waals surface area contributed by atoms with Crippen molar-refractivity contribution in [2.45, 2.75) is 6.92 Å². The molecule has 2 heterocycles. The van der Waals surface area contributed by atoms with Gasteiger partial charge in [-0.2, -0.15) is 0 Å². The molecule has 0 amide bonds. The Balaban J connectivity index is 2.09. The maximum atomic E-state index is 11.5. The smallest absolute Gasteiger partial charge is 0.336 e. The molecule has 4 rings (SSSR count). The highest BCUT2D eigenvalue weighted by Gasteiger charge is 2.11. The van der Waals surface area contributed by atoms with Gasteiger partial charge in [-0.3, -0.25) is 0 Å². The van der Waals surface area contributed by atoms with E-state index in [4.69, 9.17) is 8.83 Å². The molecular weight excluding hydrogens is 264 g/mol. The van der Waals surface area contributed by atoms with E-state index in [0.717, 1.165) is 33.0 Å². The second-order valence-corrected chi connectivity index (χ2v) is 5.11. The molecule has 0 unspecified atom stereocenters. The molecular formula is C18H12O3. The molecule has 21 heavy (non-hydrogen) atoms. The summed E-state index contributed by atoms with van der Waals surface area (Å²) in [5, 5.41) is 1.95. The Morgan fingerprint density at radius 3 is 2.52 bits per heavy atom. The molecule has 0 saturated heterocycles. The maximum absolute atomic E-state index is 11.5. The van der Waals surface area contributed by atoms with Gasteiger partial charge < -0.3 is 8.83 Å². The van der Waals surface area contributed by atoms with Gasteiger partial charge in [-0.15, -0.1) is 0 Å². The lowest BCUT2D eigenvalue weighted by atomic mass is 10.0. The van der Waals surface area contributed by atoms with Gasteiger partial charge in [0.1, 0.15) is 11.2 Å². The molecule has 0 spiro atoms. The van der Waals surface area contributed by atoms with Crippen LogP contribution < -0.4 is 5.63 Å². The fourth-order valence-corrected chi connectivity index (χ4v) is 2.68. The molecule has 2 aromatic carbocycles. The van der Waals surface area contributed by atoms with E-state index < -0.39 is 0 Å². The van der Waals surface area contributed by atoms with Gasteiger partial charge in [0, 0.05) is 28.5 Å². The number of rotatable bonds is 1. The molecule has 0 atom stereocenters. The summed E-state index contributed by atoms with van der Waals surface area (Å²) in [5.74, 6) is 0. The van der Waals surface area contributed by atoms with Crippen LogP contribution in [-0.2, 0) is 0 Å². The van der Waals surface area contributed by atoms with E-state index >= 15 is 0 Å². The average molecular weight is 276 g/mol. The van der Waals surface area contributed by atoms with E-state index in [1.165, 1.54) is 6.07 Å². The topological polar surface area (TPSA) is 43.4 Å². The van der Waals surface area contributed by atoms with Gasteiger partial charge in [-0.25, -0.2) is 4.79 Å². The quantitative estimate of drug-likeness (QED) is 0.480. The second kappa shape index (κ2) is 4.35. The van der Waals surface area contributed by atoms with Gasteiger partial charge in [0.2, 0.25) is 0 Å². The van der Waals surface area contributed by atoms with E-state index in [1.807, 2.05) is 43.3 Å². The van der Waals surface area contributed by atoms with Crippen molar-refractivity contribution >= 4 is 21.9 Å². The van der Waals surface area contributed by atoms with E-state index in [2.05, 4.69) is 0 Å². The molecule has 3 nitrogen and oxygen atoms in total. The molecule has 0 saturated carbocycles. The molecule has 4 aromatic rings. The summed E-state index contributed by atoms with van der Waals surface area (Å²) >= 11 is 0. The Bertz CT molecular complexity index is 1010. The van der Waals surface area contributed by atoms with Crippen LogP contribution in [0, 0.1) is 6.92 Å². The van der Waals surface area contributed by atoms with Crippen molar-refractivity contribution in [3.63, 3.8) is 0 Å². The lowest BCUT2D eigenvalue weighted by Crippen LogP contribution is -1.97. The summed E-state index contributed by atoms with van der Waals surface area (Å²) in [7, 11) is 0. The third kappa shape index (κ3) is 1.86. The predicted molar refractivity (Wildman–Crippen MR) is 82.4 cm³/mol. The Morgan fingerprint density at radius 1 is 0.905 bits per heavy atom. The average Bonchev–Trinajstić information content (AvgIpc) is 2.89. The summed E-state index contributed by atoms with van der Waals surface area (Å²) < 4.78 is 10.9. The number of hydrogen-bond donors (Lipinski definition) is 0. The van der Waals surface area contributed by atoms with Crippen molar-refractivity contribution in [3.05, 3.63) is 70.8 Å². The lowest BCUT2D eigenvalue weighted by molar-refractivity contribution is 0.558. The molecule has 3 heteroatoms. The van der Waals surface area contributed by atoms with Crippen LogP contribution in [-0.4, -0.2) is 0 Å². The Hall–Kier alpha value is -2.81. The monoisotopic (exact) mass is 276 g/mol. The molecule has 102 valence electrons. The number of aryl methyl sites for hydroxylation is 1. The molecule has 0 aliphatic heterocycles. The van der Waals surface area contributed by atoms with Gasteiger partial charge in [0.15, 0.2) is 0 Å².